The lowest BCUT2D eigenvalue weighted by Gasteiger charge is -2.14. The molecule has 1 atom stereocenters. The number of rotatable bonds is 5. The second kappa shape index (κ2) is 8.16. The molecule has 3 N–H and O–H groups in total. The van der Waals surface area contributed by atoms with Crippen LogP contribution < -0.4 is 15.5 Å². The Labute approximate surface area is 138 Å². The van der Waals surface area contributed by atoms with Crippen LogP contribution in [0.4, 0.5) is 19.3 Å². The monoisotopic (exact) mass is 334 g/mol. The molecule has 0 fully saturated rings. The fourth-order valence-corrected chi connectivity index (χ4v) is 2.22. The number of nitrogens with one attached hydrogen (secondary N) is 3. The normalized spacial score (nSPS) is 11.6. The Hall–Kier alpha value is -2.80. The van der Waals surface area contributed by atoms with Gasteiger partial charge in [-0.2, -0.15) is 0 Å². The molecule has 0 aliphatic rings. The molecular formula is C17H18F2N3O2+. The highest BCUT2D eigenvalue weighted by Gasteiger charge is 2.14. The SMILES string of the molecule is C[NH+](CC(=O)NC(=O)Nc1ccccc1F)Cc1cccc(F)c1. The van der Waals surface area contributed by atoms with E-state index in [1.54, 1.807) is 25.2 Å². The number of amides is 3. The van der Waals surface area contributed by atoms with Crippen molar-refractivity contribution in [2.24, 2.45) is 0 Å². The molecule has 3 amide bonds. The van der Waals surface area contributed by atoms with Gasteiger partial charge in [0, 0.05) is 5.56 Å². The van der Waals surface area contributed by atoms with Crippen molar-refractivity contribution in [2.75, 3.05) is 18.9 Å². The summed E-state index contributed by atoms with van der Waals surface area (Å²) in [6.07, 6.45) is 0. The largest absolute Gasteiger partial charge is 0.326 e. The van der Waals surface area contributed by atoms with Gasteiger partial charge in [0.1, 0.15) is 18.2 Å². The summed E-state index contributed by atoms with van der Waals surface area (Å²) in [6.45, 7) is 0.446. The van der Waals surface area contributed by atoms with Crippen LogP contribution in [0.25, 0.3) is 0 Å². The zero-order valence-electron chi connectivity index (χ0n) is 13.1. The third kappa shape index (κ3) is 5.44. The van der Waals surface area contributed by atoms with Crippen LogP contribution in [-0.4, -0.2) is 25.5 Å². The molecule has 0 aromatic heterocycles. The highest BCUT2D eigenvalue weighted by molar-refractivity contribution is 6.01. The fourth-order valence-electron chi connectivity index (χ4n) is 2.22. The van der Waals surface area contributed by atoms with Crippen molar-refractivity contribution in [2.45, 2.75) is 6.54 Å². The van der Waals surface area contributed by atoms with E-state index in [9.17, 15) is 18.4 Å². The van der Waals surface area contributed by atoms with Crippen molar-refractivity contribution < 1.29 is 23.3 Å². The van der Waals surface area contributed by atoms with Gasteiger partial charge in [0.2, 0.25) is 0 Å². The second-order valence-electron chi connectivity index (χ2n) is 5.42. The molecular weight excluding hydrogens is 316 g/mol. The highest BCUT2D eigenvalue weighted by Crippen LogP contribution is 2.11. The average Bonchev–Trinajstić information content (AvgIpc) is 2.49. The van der Waals surface area contributed by atoms with Gasteiger partial charge in [-0.1, -0.05) is 24.3 Å². The van der Waals surface area contributed by atoms with E-state index in [1.165, 1.54) is 30.3 Å². The summed E-state index contributed by atoms with van der Waals surface area (Å²) in [5, 5.41) is 4.40. The molecule has 2 rings (SSSR count). The topological polar surface area (TPSA) is 62.6 Å². The van der Waals surface area contributed by atoms with E-state index in [1.807, 2.05) is 0 Å². The summed E-state index contributed by atoms with van der Waals surface area (Å²) in [5.74, 6) is -1.44. The maximum atomic E-state index is 13.4. The molecule has 7 heteroatoms. The number of imide groups is 1. The first-order chi connectivity index (χ1) is 11.4. The Kier molecular flexibility index (Phi) is 5.97. The Morgan fingerprint density at radius 3 is 2.54 bits per heavy atom. The minimum atomic E-state index is -0.802. The zero-order valence-corrected chi connectivity index (χ0v) is 13.1. The maximum absolute atomic E-state index is 13.4. The van der Waals surface area contributed by atoms with E-state index in [0.717, 1.165) is 10.5 Å². The molecule has 2 aromatic rings. The molecule has 0 heterocycles. The summed E-state index contributed by atoms with van der Waals surface area (Å²) in [7, 11) is 1.75. The van der Waals surface area contributed by atoms with Gasteiger partial charge in [-0.15, -0.1) is 0 Å². The van der Waals surface area contributed by atoms with Crippen LogP contribution in [0, 0.1) is 11.6 Å². The maximum Gasteiger partial charge on any atom is 0.326 e. The number of urea groups is 1. The van der Waals surface area contributed by atoms with Crippen LogP contribution in [0.5, 0.6) is 0 Å². The fraction of sp³-hybridized carbons (Fsp3) is 0.176. The summed E-state index contributed by atoms with van der Waals surface area (Å²) in [4.78, 5) is 24.3. The zero-order chi connectivity index (χ0) is 17.5. The first-order valence-corrected chi connectivity index (χ1v) is 7.35. The minimum Gasteiger partial charge on any atom is -0.326 e. The van der Waals surface area contributed by atoms with Crippen LogP contribution in [0.1, 0.15) is 5.56 Å². The molecule has 0 saturated heterocycles. The number of hydrogen-bond donors (Lipinski definition) is 3. The molecule has 5 nitrogen and oxygen atoms in total. The number of halogens is 2. The average molecular weight is 334 g/mol. The number of anilines is 1. The molecule has 24 heavy (non-hydrogen) atoms. The van der Waals surface area contributed by atoms with Crippen molar-refractivity contribution in [1.29, 1.82) is 0 Å². The molecule has 0 aliphatic heterocycles. The van der Waals surface area contributed by atoms with E-state index in [-0.39, 0.29) is 18.0 Å². The lowest BCUT2D eigenvalue weighted by molar-refractivity contribution is -0.885. The molecule has 2 aromatic carbocycles. The van der Waals surface area contributed by atoms with Gasteiger partial charge in [-0.25, -0.2) is 13.6 Å². The van der Waals surface area contributed by atoms with Gasteiger partial charge in [-0.3, -0.25) is 10.1 Å². The highest BCUT2D eigenvalue weighted by atomic mass is 19.1. The van der Waals surface area contributed by atoms with Crippen LogP contribution in [0.15, 0.2) is 48.5 Å². The first-order valence-electron chi connectivity index (χ1n) is 7.35. The number of carbonyl (C=O) groups excluding carboxylic acids is 2. The van der Waals surface area contributed by atoms with Crippen molar-refractivity contribution in [3.8, 4) is 0 Å². The molecule has 0 aliphatic carbocycles. The Balaban J connectivity index is 1.81. The van der Waals surface area contributed by atoms with Gasteiger partial charge in [-0.05, 0) is 24.3 Å². The summed E-state index contributed by atoms with van der Waals surface area (Å²) in [6, 6.07) is 10.9. The van der Waals surface area contributed by atoms with Gasteiger partial charge >= 0.3 is 6.03 Å². The summed E-state index contributed by atoms with van der Waals surface area (Å²) < 4.78 is 26.5. The van der Waals surface area contributed by atoms with Crippen LogP contribution in [0.3, 0.4) is 0 Å². The Morgan fingerprint density at radius 2 is 1.83 bits per heavy atom. The second-order valence-corrected chi connectivity index (χ2v) is 5.42. The summed E-state index contributed by atoms with van der Waals surface area (Å²) >= 11 is 0. The minimum absolute atomic E-state index is 0.0109. The standard InChI is InChI=1S/C17H17F2N3O2/c1-22(10-12-5-4-6-13(18)9-12)11-16(23)21-17(24)20-15-8-3-2-7-14(15)19/h2-9H,10-11H2,1H3,(H2,20,21,23,24)/p+1. The predicted molar refractivity (Wildman–Crippen MR) is 85.4 cm³/mol. The number of likely N-dealkylation sites (N-methyl/N-ethyl adjacent to an activating group) is 1. The third-order valence-corrected chi connectivity index (χ3v) is 3.23. The number of para-hydroxylation sites is 1. The van der Waals surface area contributed by atoms with Crippen molar-refractivity contribution in [3.05, 3.63) is 65.7 Å². The van der Waals surface area contributed by atoms with Crippen molar-refractivity contribution >= 4 is 17.6 Å². The quantitative estimate of drug-likeness (QED) is 0.772. The van der Waals surface area contributed by atoms with Gasteiger partial charge in [0.25, 0.3) is 5.91 Å². The molecule has 126 valence electrons. The Morgan fingerprint density at radius 1 is 1.08 bits per heavy atom. The predicted octanol–water partition coefficient (Wildman–Crippen LogP) is 1.33. The smallest absolute Gasteiger partial charge is 0.326 e. The first kappa shape index (κ1) is 17.6. The molecule has 1 unspecified atom stereocenters. The Bertz CT molecular complexity index is 737. The van der Waals surface area contributed by atoms with Crippen LogP contribution in [0.2, 0.25) is 0 Å². The van der Waals surface area contributed by atoms with E-state index in [0.29, 0.717) is 6.54 Å². The third-order valence-electron chi connectivity index (χ3n) is 3.23. The van der Waals surface area contributed by atoms with Crippen LogP contribution >= 0.6 is 0 Å². The van der Waals surface area contributed by atoms with Crippen molar-refractivity contribution in [3.63, 3.8) is 0 Å². The van der Waals surface area contributed by atoms with E-state index >= 15 is 0 Å². The molecule has 0 bridgehead atoms. The number of quaternary nitrogens is 1. The number of carbonyl (C=O) groups is 2. The van der Waals surface area contributed by atoms with Gasteiger partial charge in [0.15, 0.2) is 6.54 Å². The van der Waals surface area contributed by atoms with E-state index < -0.39 is 17.8 Å². The molecule has 0 spiro atoms. The molecule has 0 radical (unpaired) electrons. The number of benzene rings is 2. The summed E-state index contributed by atoms with van der Waals surface area (Å²) in [5.41, 5.74) is 0.736. The molecule has 0 saturated carbocycles. The van der Waals surface area contributed by atoms with Crippen LogP contribution in [-0.2, 0) is 11.3 Å². The van der Waals surface area contributed by atoms with Gasteiger partial charge in [0.05, 0.1) is 12.7 Å². The van der Waals surface area contributed by atoms with E-state index in [4.69, 9.17) is 0 Å². The lowest BCUT2D eigenvalue weighted by atomic mass is 10.2. The van der Waals surface area contributed by atoms with E-state index in [2.05, 4.69) is 10.6 Å². The van der Waals surface area contributed by atoms with Gasteiger partial charge < -0.3 is 10.2 Å². The lowest BCUT2D eigenvalue weighted by Crippen LogP contribution is -3.09. The number of hydrogen-bond acceptors (Lipinski definition) is 2. The van der Waals surface area contributed by atoms with Crippen molar-refractivity contribution in [1.82, 2.24) is 5.32 Å².